The van der Waals surface area contributed by atoms with Gasteiger partial charge in [0.15, 0.2) is 0 Å². The molecule has 1 amide bonds. The summed E-state index contributed by atoms with van der Waals surface area (Å²) >= 11 is 0. The van der Waals surface area contributed by atoms with Gasteiger partial charge in [0.2, 0.25) is 0 Å². The first-order chi connectivity index (χ1) is 10.2. The van der Waals surface area contributed by atoms with Gasteiger partial charge in [-0.15, -0.1) is 0 Å². The molecule has 3 N–H and O–H groups in total. The number of hydrogen-bond donors (Lipinski definition) is 2. The Morgan fingerprint density at radius 1 is 1.14 bits per heavy atom. The molecule has 2 aromatic rings. The minimum atomic E-state index is -0.248. The Hall–Kier alpha value is -3.08. The van der Waals surface area contributed by atoms with E-state index < -0.39 is 0 Å². The van der Waals surface area contributed by atoms with Crippen LogP contribution in [-0.4, -0.2) is 12.5 Å². The fraction of sp³-hybridized carbons (Fsp3) is 0.0588. The van der Waals surface area contributed by atoms with E-state index in [9.17, 15) is 4.79 Å². The van der Waals surface area contributed by atoms with Crippen LogP contribution in [0.2, 0.25) is 0 Å². The maximum Gasteiger partial charge on any atom is 0.256 e. The van der Waals surface area contributed by atoms with Crippen LogP contribution < -0.4 is 11.1 Å². The Labute approximate surface area is 123 Å². The molecule has 0 fully saturated rings. The molecule has 21 heavy (non-hydrogen) atoms. The largest absolute Gasteiger partial charge is 0.322 e. The number of nitrogens with one attached hydrogen (secondary N) is 1. The molecule has 2 rings (SSSR count). The van der Waals surface area contributed by atoms with Gasteiger partial charge in [-0.1, -0.05) is 24.0 Å². The molecular formula is C17H13N3O. The number of nitrogens with two attached hydrogens (primary N) is 1. The molecule has 0 aliphatic carbocycles. The van der Waals surface area contributed by atoms with E-state index in [1.807, 2.05) is 12.1 Å². The molecule has 0 aliphatic rings. The monoisotopic (exact) mass is 275 g/mol. The Morgan fingerprint density at radius 3 is 2.52 bits per heavy atom. The Morgan fingerprint density at radius 2 is 1.86 bits per heavy atom. The van der Waals surface area contributed by atoms with Gasteiger partial charge >= 0.3 is 0 Å². The second-order valence-corrected chi connectivity index (χ2v) is 4.19. The lowest BCUT2D eigenvalue weighted by Crippen LogP contribution is -2.13. The van der Waals surface area contributed by atoms with Crippen LogP contribution in [0, 0.1) is 23.2 Å². The zero-order valence-electron chi connectivity index (χ0n) is 11.3. The Bertz CT molecular complexity index is 746. The third-order valence-corrected chi connectivity index (χ3v) is 2.77. The van der Waals surface area contributed by atoms with E-state index in [2.05, 4.69) is 17.2 Å². The van der Waals surface area contributed by atoms with Gasteiger partial charge in [-0.3, -0.25) is 4.79 Å². The van der Waals surface area contributed by atoms with Crippen LogP contribution in [0.3, 0.4) is 0 Å². The molecule has 0 saturated heterocycles. The van der Waals surface area contributed by atoms with Gasteiger partial charge in [0, 0.05) is 11.3 Å². The predicted octanol–water partition coefficient (Wildman–Crippen LogP) is 2.12. The van der Waals surface area contributed by atoms with Gasteiger partial charge in [0.25, 0.3) is 5.91 Å². The molecule has 0 heterocycles. The van der Waals surface area contributed by atoms with Crippen LogP contribution >= 0.6 is 0 Å². The maximum absolute atomic E-state index is 12.3. The standard InChI is InChI=1S/C17H13N3O/c18-11-3-5-14-4-1-2-6-16(14)17(21)20-15-9-7-13(12-19)8-10-15/h1-2,4,6-10H,11,18H2,(H,20,21). The van der Waals surface area contributed by atoms with E-state index in [0.29, 0.717) is 22.4 Å². The van der Waals surface area contributed by atoms with E-state index in [1.54, 1.807) is 42.5 Å². The summed E-state index contributed by atoms with van der Waals surface area (Å²) < 4.78 is 0. The van der Waals surface area contributed by atoms with Crippen LogP contribution in [-0.2, 0) is 0 Å². The van der Waals surface area contributed by atoms with E-state index >= 15 is 0 Å². The number of carbonyl (C=O) groups excluding carboxylic acids is 1. The van der Waals surface area contributed by atoms with Gasteiger partial charge < -0.3 is 11.1 Å². The summed E-state index contributed by atoms with van der Waals surface area (Å²) in [6.07, 6.45) is 0. The van der Waals surface area contributed by atoms with E-state index in [4.69, 9.17) is 11.0 Å². The van der Waals surface area contributed by atoms with Crippen LogP contribution in [0.4, 0.5) is 5.69 Å². The van der Waals surface area contributed by atoms with Crippen LogP contribution in [0.25, 0.3) is 0 Å². The third kappa shape index (κ3) is 3.70. The van der Waals surface area contributed by atoms with Crippen molar-refractivity contribution in [1.82, 2.24) is 0 Å². The lowest BCUT2D eigenvalue weighted by atomic mass is 10.1. The van der Waals surface area contributed by atoms with Crippen LogP contribution in [0.5, 0.6) is 0 Å². The fourth-order valence-electron chi connectivity index (χ4n) is 1.76. The normalized spacial score (nSPS) is 9.14. The molecule has 0 aromatic heterocycles. The molecular weight excluding hydrogens is 262 g/mol. The molecule has 0 saturated carbocycles. The quantitative estimate of drug-likeness (QED) is 0.824. The van der Waals surface area contributed by atoms with Crippen molar-refractivity contribution in [1.29, 1.82) is 5.26 Å². The second kappa shape index (κ2) is 6.91. The number of anilines is 1. The number of hydrogen-bond acceptors (Lipinski definition) is 3. The number of carbonyl (C=O) groups is 1. The number of nitriles is 1. The zero-order valence-corrected chi connectivity index (χ0v) is 11.3. The number of nitrogens with zero attached hydrogens (tertiary/aromatic N) is 1. The Kier molecular flexibility index (Phi) is 4.71. The smallest absolute Gasteiger partial charge is 0.256 e. The average molecular weight is 275 g/mol. The highest BCUT2D eigenvalue weighted by atomic mass is 16.1. The predicted molar refractivity (Wildman–Crippen MR) is 81.5 cm³/mol. The summed E-state index contributed by atoms with van der Waals surface area (Å²) in [5, 5.41) is 11.5. The maximum atomic E-state index is 12.3. The van der Waals surface area contributed by atoms with Crippen molar-refractivity contribution in [3.05, 3.63) is 65.2 Å². The number of benzene rings is 2. The second-order valence-electron chi connectivity index (χ2n) is 4.19. The minimum Gasteiger partial charge on any atom is -0.322 e. The molecule has 2 aromatic carbocycles. The molecule has 4 heteroatoms. The van der Waals surface area contributed by atoms with E-state index in [1.165, 1.54) is 0 Å². The van der Waals surface area contributed by atoms with Crippen LogP contribution in [0.15, 0.2) is 48.5 Å². The van der Waals surface area contributed by atoms with E-state index in [0.717, 1.165) is 0 Å². The summed E-state index contributed by atoms with van der Waals surface area (Å²) in [6, 6.07) is 15.8. The van der Waals surface area contributed by atoms with Crippen molar-refractivity contribution in [2.45, 2.75) is 0 Å². The Balaban J connectivity index is 2.22. The van der Waals surface area contributed by atoms with Gasteiger partial charge in [0.05, 0.1) is 23.7 Å². The van der Waals surface area contributed by atoms with Crippen LogP contribution in [0.1, 0.15) is 21.5 Å². The van der Waals surface area contributed by atoms with Crippen molar-refractivity contribution < 1.29 is 4.79 Å². The van der Waals surface area contributed by atoms with E-state index in [-0.39, 0.29) is 12.5 Å². The molecule has 0 unspecified atom stereocenters. The highest BCUT2D eigenvalue weighted by molar-refractivity contribution is 6.06. The lowest BCUT2D eigenvalue weighted by molar-refractivity contribution is 0.102. The summed E-state index contributed by atoms with van der Waals surface area (Å²) in [5.74, 6) is 5.37. The van der Waals surface area contributed by atoms with Gasteiger partial charge in [-0.25, -0.2) is 0 Å². The lowest BCUT2D eigenvalue weighted by Gasteiger charge is -2.07. The number of rotatable bonds is 2. The van der Waals surface area contributed by atoms with Crippen molar-refractivity contribution in [2.75, 3.05) is 11.9 Å². The average Bonchev–Trinajstić information content (AvgIpc) is 2.54. The highest BCUT2D eigenvalue weighted by Gasteiger charge is 2.09. The summed E-state index contributed by atoms with van der Waals surface area (Å²) in [7, 11) is 0. The van der Waals surface area contributed by atoms with Gasteiger partial charge in [-0.05, 0) is 36.4 Å². The molecule has 0 spiro atoms. The van der Waals surface area contributed by atoms with Crippen molar-refractivity contribution in [3.63, 3.8) is 0 Å². The van der Waals surface area contributed by atoms with Crippen molar-refractivity contribution in [2.24, 2.45) is 5.73 Å². The fourth-order valence-corrected chi connectivity index (χ4v) is 1.76. The van der Waals surface area contributed by atoms with Gasteiger partial charge in [0.1, 0.15) is 0 Å². The first-order valence-electron chi connectivity index (χ1n) is 6.34. The third-order valence-electron chi connectivity index (χ3n) is 2.77. The molecule has 0 aliphatic heterocycles. The summed E-state index contributed by atoms with van der Waals surface area (Å²) in [5.41, 5.74) is 7.64. The summed E-state index contributed by atoms with van der Waals surface area (Å²) in [6.45, 7) is 0.242. The number of amides is 1. The van der Waals surface area contributed by atoms with Crippen molar-refractivity contribution >= 4 is 11.6 Å². The molecule has 0 bridgehead atoms. The molecule has 102 valence electrons. The van der Waals surface area contributed by atoms with Crippen molar-refractivity contribution in [3.8, 4) is 17.9 Å². The zero-order chi connectivity index (χ0) is 15.1. The molecule has 4 nitrogen and oxygen atoms in total. The molecule has 0 atom stereocenters. The SMILES string of the molecule is N#Cc1ccc(NC(=O)c2ccccc2C#CCN)cc1. The summed E-state index contributed by atoms with van der Waals surface area (Å²) in [4.78, 5) is 12.3. The van der Waals surface area contributed by atoms with Gasteiger partial charge in [-0.2, -0.15) is 5.26 Å². The minimum absolute atomic E-state index is 0.242. The first-order valence-corrected chi connectivity index (χ1v) is 6.34. The first kappa shape index (κ1) is 14.3. The topological polar surface area (TPSA) is 78.9 Å². The molecule has 0 radical (unpaired) electrons. The highest BCUT2D eigenvalue weighted by Crippen LogP contribution is 2.13.